The second-order valence-corrected chi connectivity index (χ2v) is 3.49. The molecule has 1 aliphatic rings. The lowest BCUT2D eigenvalue weighted by Gasteiger charge is -2.13. The second kappa shape index (κ2) is 6.41. The van der Waals surface area contributed by atoms with Crippen LogP contribution in [-0.2, 0) is 9.53 Å². The third kappa shape index (κ3) is 4.26. The zero-order valence-electron chi connectivity index (χ0n) is 8.79. The van der Waals surface area contributed by atoms with E-state index in [2.05, 4.69) is 6.08 Å². The maximum atomic E-state index is 11.0. The molecule has 0 unspecified atom stereocenters. The highest BCUT2D eigenvalue weighted by molar-refractivity contribution is 5.90. The Morgan fingerprint density at radius 1 is 1.50 bits per heavy atom. The summed E-state index contributed by atoms with van der Waals surface area (Å²) in [4.78, 5) is 11.0. The minimum atomic E-state index is 0.208. The van der Waals surface area contributed by atoms with Gasteiger partial charge in [0.1, 0.15) is 0 Å². The fraction of sp³-hybridized carbons (Fsp3) is 0.583. The summed E-state index contributed by atoms with van der Waals surface area (Å²) in [7, 11) is 0. The predicted octanol–water partition coefficient (Wildman–Crippen LogP) is 3.00. The molecule has 0 aromatic carbocycles. The van der Waals surface area contributed by atoms with Crippen molar-refractivity contribution in [2.75, 3.05) is 6.61 Å². The van der Waals surface area contributed by atoms with Crippen molar-refractivity contribution in [2.24, 2.45) is 0 Å². The van der Waals surface area contributed by atoms with Gasteiger partial charge in [0, 0.05) is 18.9 Å². The molecule has 0 amide bonds. The topological polar surface area (TPSA) is 26.3 Å². The van der Waals surface area contributed by atoms with Crippen molar-refractivity contribution in [3.05, 3.63) is 24.0 Å². The van der Waals surface area contributed by atoms with E-state index in [4.69, 9.17) is 4.74 Å². The molecule has 0 spiro atoms. The first-order valence-electron chi connectivity index (χ1n) is 5.30. The van der Waals surface area contributed by atoms with Crippen LogP contribution in [0, 0.1) is 0 Å². The highest BCUT2D eigenvalue weighted by Gasteiger charge is 2.09. The number of carbonyl (C=O) groups excluding carboxylic acids is 1. The van der Waals surface area contributed by atoms with Crippen molar-refractivity contribution in [3.8, 4) is 0 Å². The van der Waals surface area contributed by atoms with Crippen molar-refractivity contribution in [2.45, 2.75) is 39.0 Å². The number of ketones is 1. The van der Waals surface area contributed by atoms with Crippen molar-refractivity contribution >= 4 is 5.78 Å². The molecule has 2 nitrogen and oxygen atoms in total. The van der Waals surface area contributed by atoms with E-state index in [1.807, 2.05) is 13.0 Å². The van der Waals surface area contributed by atoms with Crippen LogP contribution in [0.25, 0.3) is 0 Å². The largest absolute Gasteiger partial charge is 0.498 e. The predicted molar refractivity (Wildman–Crippen MR) is 56.9 cm³/mol. The van der Waals surface area contributed by atoms with Gasteiger partial charge in [-0.25, -0.2) is 0 Å². The molecular weight excluding hydrogens is 176 g/mol. The average molecular weight is 194 g/mol. The number of allylic oxidation sites excluding steroid dienone is 4. The summed E-state index contributed by atoms with van der Waals surface area (Å²) < 4.78 is 5.51. The highest BCUT2D eigenvalue weighted by atomic mass is 16.5. The molecule has 14 heavy (non-hydrogen) atoms. The second-order valence-electron chi connectivity index (χ2n) is 3.49. The van der Waals surface area contributed by atoms with Crippen LogP contribution in [0.3, 0.4) is 0 Å². The smallest absolute Gasteiger partial charge is 0.159 e. The number of carbonyl (C=O) groups is 1. The molecule has 0 heterocycles. The van der Waals surface area contributed by atoms with Gasteiger partial charge in [-0.3, -0.25) is 4.79 Å². The van der Waals surface area contributed by atoms with Crippen LogP contribution in [0.5, 0.6) is 0 Å². The van der Waals surface area contributed by atoms with E-state index < -0.39 is 0 Å². The molecule has 0 bridgehead atoms. The Kier molecular flexibility index (Phi) is 5.05. The first kappa shape index (κ1) is 11.0. The fourth-order valence-corrected chi connectivity index (χ4v) is 1.45. The average Bonchev–Trinajstić information content (AvgIpc) is 2.18. The first-order valence-corrected chi connectivity index (χ1v) is 5.30. The maximum Gasteiger partial charge on any atom is 0.159 e. The molecule has 0 aromatic heterocycles. The summed E-state index contributed by atoms with van der Waals surface area (Å²) in [5, 5.41) is 0. The molecule has 0 fully saturated rings. The lowest BCUT2D eigenvalue weighted by molar-refractivity contribution is -0.115. The van der Waals surface area contributed by atoms with Crippen molar-refractivity contribution in [1.29, 1.82) is 0 Å². The molecule has 0 saturated carbocycles. The van der Waals surface area contributed by atoms with Crippen LogP contribution in [-0.4, -0.2) is 12.4 Å². The summed E-state index contributed by atoms with van der Waals surface area (Å²) in [6, 6.07) is 0. The van der Waals surface area contributed by atoms with E-state index in [0.717, 1.165) is 38.0 Å². The molecule has 0 radical (unpaired) electrons. The van der Waals surface area contributed by atoms with Gasteiger partial charge in [-0.1, -0.05) is 12.2 Å². The van der Waals surface area contributed by atoms with Crippen LogP contribution < -0.4 is 0 Å². The van der Waals surface area contributed by atoms with Gasteiger partial charge in [-0.2, -0.15) is 0 Å². The normalized spacial score (nSPS) is 17.2. The van der Waals surface area contributed by atoms with Crippen molar-refractivity contribution in [3.63, 3.8) is 0 Å². The Morgan fingerprint density at radius 2 is 2.36 bits per heavy atom. The summed E-state index contributed by atoms with van der Waals surface area (Å²) >= 11 is 0. The van der Waals surface area contributed by atoms with Gasteiger partial charge in [0.2, 0.25) is 0 Å². The third-order valence-electron chi connectivity index (χ3n) is 2.21. The van der Waals surface area contributed by atoms with Gasteiger partial charge in [0.05, 0.1) is 12.4 Å². The summed E-state index contributed by atoms with van der Waals surface area (Å²) in [6.45, 7) is 2.74. The number of ether oxygens (including phenoxy) is 1. The Balaban J connectivity index is 2.14. The monoisotopic (exact) mass is 194 g/mol. The molecule has 0 saturated heterocycles. The van der Waals surface area contributed by atoms with Gasteiger partial charge in [-0.05, 0) is 26.2 Å². The number of hydrogen-bond acceptors (Lipinski definition) is 2. The van der Waals surface area contributed by atoms with Gasteiger partial charge >= 0.3 is 0 Å². The molecule has 0 aliphatic heterocycles. The standard InChI is InChI=1S/C12H18O2/c1-2-3-4-5-9-14-12-8-6-7-11(13)10-12/h2-3,10H,4-9H2,1H3/b3-2-. The van der Waals surface area contributed by atoms with Crippen LogP contribution >= 0.6 is 0 Å². The molecule has 2 heteroatoms. The van der Waals surface area contributed by atoms with Gasteiger partial charge in [-0.15, -0.1) is 0 Å². The lowest BCUT2D eigenvalue weighted by atomic mass is 10.1. The van der Waals surface area contributed by atoms with Crippen LogP contribution in [0.15, 0.2) is 24.0 Å². The van der Waals surface area contributed by atoms with Crippen molar-refractivity contribution in [1.82, 2.24) is 0 Å². The fourth-order valence-electron chi connectivity index (χ4n) is 1.45. The molecule has 0 aromatic rings. The number of rotatable bonds is 5. The zero-order chi connectivity index (χ0) is 10.2. The Morgan fingerprint density at radius 3 is 3.07 bits per heavy atom. The number of unbranched alkanes of at least 4 members (excludes halogenated alkanes) is 1. The van der Waals surface area contributed by atoms with Crippen molar-refractivity contribution < 1.29 is 9.53 Å². The van der Waals surface area contributed by atoms with E-state index in [-0.39, 0.29) is 5.78 Å². The lowest BCUT2D eigenvalue weighted by Crippen LogP contribution is -2.05. The van der Waals surface area contributed by atoms with Crippen LogP contribution in [0.2, 0.25) is 0 Å². The minimum absolute atomic E-state index is 0.208. The molecule has 0 N–H and O–H groups in total. The zero-order valence-corrected chi connectivity index (χ0v) is 8.79. The van der Waals surface area contributed by atoms with E-state index in [0.29, 0.717) is 6.42 Å². The van der Waals surface area contributed by atoms with Gasteiger partial charge in [0.15, 0.2) is 5.78 Å². The minimum Gasteiger partial charge on any atom is -0.498 e. The van der Waals surface area contributed by atoms with Gasteiger partial charge < -0.3 is 4.74 Å². The van der Waals surface area contributed by atoms with E-state index in [9.17, 15) is 4.79 Å². The van der Waals surface area contributed by atoms with Crippen LogP contribution in [0.1, 0.15) is 39.0 Å². The van der Waals surface area contributed by atoms with E-state index >= 15 is 0 Å². The summed E-state index contributed by atoms with van der Waals surface area (Å²) in [5.74, 6) is 1.08. The Hall–Kier alpha value is -1.05. The maximum absolute atomic E-state index is 11.0. The third-order valence-corrected chi connectivity index (χ3v) is 2.21. The SMILES string of the molecule is C/C=C\CCCOC1=CC(=O)CCC1. The Bertz CT molecular complexity index is 239. The molecule has 1 aliphatic carbocycles. The molecule has 0 atom stereocenters. The first-order chi connectivity index (χ1) is 6.83. The van der Waals surface area contributed by atoms with Crippen LogP contribution in [0.4, 0.5) is 0 Å². The summed E-state index contributed by atoms with van der Waals surface area (Å²) in [6.07, 6.45) is 10.5. The van der Waals surface area contributed by atoms with E-state index in [1.54, 1.807) is 6.08 Å². The Labute approximate surface area is 85.6 Å². The molecular formula is C12H18O2. The highest BCUT2D eigenvalue weighted by Crippen LogP contribution is 2.16. The molecule has 1 rings (SSSR count). The van der Waals surface area contributed by atoms with Gasteiger partial charge in [0.25, 0.3) is 0 Å². The molecule has 78 valence electrons. The number of hydrogen-bond donors (Lipinski definition) is 0. The van der Waals surface area contributed by atoms with E-state index in [1.165, 1.54) is 0 Å². The quantitative estimate of drug-likeness (QED) is 0.496. The summed E-state index contributed by atoms with van der Waals surface area (Å²) in [5.41, 5.74) is 0.